The first-order valence-electron chi connectivity index (χ1n) is 6.27. The van der Waals surface area contributed by atoms with Crippen LogP contribution in [0, 0.1) is 0 Å². The third kappa shape index (κ3) is 5.15. The van der Waals surface area contributed by atoms with Crippen molar-refractivity contribution in [1.29, 1.82) is 0 Å². The van der Waals surface area contributed by atoms with Crippen LogP contribution in [0.3, 0.4) is 0 Å². The first-order chi connectivity index (χ1) is 7.93. The summed E-state index contributed by atoms with van der Waals surface area (Å²) in [6, 6.07) is 0. The highest BCUT2D eigenvalue weighted by atomic mass is 32.1. The van der Waals surface area contributed by atoms with Crippen molar-refractivity contribution in [3.63, 3.8) is 0 Å². The van der Waals surface area contributed by atoms with Crippen LogP contribution in [0.15, 0.2) is 5.38 Å². The van der Waals surface area contributed by atoms with E-state index in [4.69, 9.17) is 0 Å². The molecule has 0 fully saturated rings. The lowest BCUT2D eigenvalue weighted by atomic mass is 9.93. The minimum absolute atomic E-state index is 0.164. The quantitative estimate of drug-likeness (QED) is 0.792. The average molecular weight is 255 g/mol. The predicted molar refractivity (Wildman–Crippen MR) is 75.7 cm³/mol. The van der Waals surface area contributed by atoms with Crippen LogP contribution >= 0.6 is 11.3 Å². The molecule has 0 bridgehead atoms. The third-order valence-electron chi connectivity index (χ3n) is 2.81. The van der Waals surface area contributed by atoms with Gasteiger partial charge in [-0.15, -0.1) is 11.3 Å². The highest BCUT2D eigenvalue weighted by Crippen LogP contribution is 2.23. The van der Waals surface area contributed by atoms with Gasteiger partial charge in [0, 0.05) is 30.4 Å². The van der Waals surface area contributed by atoms with E-state index >= 15 is 0 Å². The van der Waals surface area contributed by atoms with Gasteiger partial charge >= 0.3 is 0 Å². The van der Waals surface area contributed by atoms with Gasteiger partial charge in [-0.05, 0) is 13.6 Å². The number of aromatic nitrogens is 1. The van der Waals surface area contributed by atoms with Crippen molar-refractivity contribution in [2.45, 2.75) is 39.7 Å². The summed E-state index contributed by atoms with van der Waals surface area (Å²) in [4.78, 5) is 6.96. The first kappa shape index (κ1) is 14.6. The molecule has 98 valence electrons. The molecule has 1 heterocycles. The lowest BCUT2D eigenvalue weighted by molar-refractivity contribution is 0.349. The SMILES string of the molecule is CCN(C)CCNCc1nc(C(C)(C)C)cs1. The summed E-state index contributed by atoms with van der Waals surface area (Å²) in [6.45, 7) is 12.9. The molecule has 1 aromatic heterocycles. The van der Waals surface area contributed by atoms with Gasteiger partial charge < -0.3 is 10.2 Å². The van der Waals surface area contributed by atoms with Crippen molar-refractivity contribution in [1.82, 2.24) is 15.2 Å². The largest absolute Gasteiger partial charge is 0.309 e. The van der Waals surface area contributed by atoms with Crippen LogP contribution in [0.25, 0.3) is 0 Å². The van der Waals surface area contributed by atoms with E-state index < -0.39 is 0 Å². The van der Waals surface area contributed by atoms with E-state index in [2.05, 4.69) is 55.3 Å². The molecule has 17 heavy (non-hydrogen) atoms. The summed E-state index contributed by atoms with van der Waals surface area (Å²) >= 11 is 1.75. The van der Waals surface area contributed by atoms with Gasteiger partial charge in [-0.2, -0.15) is 0 Å². The first-order valence-corrected chi connectivity index (χ1v) is 7.15. The molecule has 0 spiro atoms. The molecule has 0 unspecified atom stereocenters. The van der Waals surface area contributed by atoms with E-state index in [1.54, 1.807) is 11.3 Å². The maximum atomic E-state index is 4.66. The van der Waals surface area contributed by atoms with Crippen molar-refractivity contribution >= 4 is 11.3 Å². The Labute approximate surface area is 109 Å². The fourth-order valence-electron chi connectivity index (χ4n) is 1.36. The molecule has 0 saturated carbocycles. The molecular formula is C13H25N3S. The number of thiazole rings is 1. The molecule has 4 heteroatoms. The minimum Gasteiger partial charge on any atom is -0.309 e. The standard InChI is InChI=1S/C13H25N3S/c1-6-16(5)8-7-14-9-12-15-11(10-17-12)13(2,3)4/h10,14H,6-9H2,1-5H3. The summed E-state index contributed by atoms with van der Waals surface area (Å²) in [6.07, 6.45) is 0. The Morgan fingerprint density at radius 1 is 1.41 bits per heavy atom. The maximum absolute atomic E-state index is 4.66. The third-order valence-corrected chi connectivity index (χ3v) is 3.66. The molecule has 3 nitrogen and oxygen atoms in total. The molecule has 0 aromatic carbocycles. The molecule has 0 aliphatic heterocycles. The van der Waals surface area contributed by atoms with Crippen molar-refractivity contribution in [2.75, 3.05) is 26.7 Å². The highest BCUT2D eigenvalue weighted by Gasteiger charge is 2.16. The van der Waals surface area contributed by atoms with E-state index in [9.17, 15) is 0 Å². The second kappa shape index (κ2) is 6.47. The van der Waals surface area contributed by atoms with Crippen LogP contribution in [-0.4, -0.2) is 36.6 Å². The van der Waals surface area contributed by atoms with Gasteiger partial charge in [-0.3, -0.25) is 0 Å². The van der Waals surface area contributed by atoms with Crippen LogP contribution < -0.4 is 5.32 Å². The van der Waals surface area contributed by atoms with E-state index in [1.807, 2.05) is 0 Å². The Morgan fingerprint density at radius 2 is 2.12 bits per heavy atom. The fourth-order valence-corrected chi connectivity index (χ4v) is 2.35. The fraction of sp³-hybridized carbons (Fsp3) is 0.769. The Bertz CT molecular complexity index is 328. The summed E-state index contributed by atoms with van der Waals surface area (Å²) in [5.41, 5.74) is 1.36. The van der Waals surface area contributed by atoms with Crippen LogP contribution in [-0.2, 0) is 12.0 Å². The summed E-state index contributed by atoms with van der Waals surface area (Å²) in [7, 11) is 2.14. The average Bonchev–Trinajstić information content (AvgIpc) is 2.72. The predicted octanol–water partition coefficient (Wildman–Crippen LogP) is 2.48. The Morgan fingerprint density at radius 3 is 2.65 bits per heavy atom. The monoisotopic (exact) mass is 255 g/mol. The number of rotatable bonds is 6. The Hall–Kier alpha value is -0.450. The lowest BCUT2D eigenvalue weighted by Gasteiger charge is -2.14. The molecule has 0 aliphatic rings. The van der Waals surface area contributed by atoms with Crippen LogP contribution in [0.5, 0.6) is 0 Å². The van der Waals surface area contributed by atoms with Crippen molar-refractivity contribution < 1.29 is 0 Å². The number of hydrogen-bond acceptors (Lipinski definition) is 4. The molecule has 0 atom stereocenters. The lowest BCUT2D eigenvalue weighted by Crippen LogP contribution is -2.28. The molecule has 0 aliphatic carbocycles. The van der Waals surface area contributed by atoms with Gasteiger partial charge in [-0.25, -0.2) is 4.98 Å². The van der Waals surface area contributed by atoms with Crippen molar-refractivity contribution in [3.8, 4) is 0 Å². The van der Waals surface area contributed by atoms with Crippen molar-refractivity contribution in [2.24, 2.45) is 0 Å². The van der Waals surface area contributed by atoms with Crippen LogP contribution in [0.4, 0.5) is 0 Å². The summed E-state index contributed by atoms with van der Waals surface area (Å²) < 4.78 is 0. The van der Waals surface area contributed by atoms with Crippen LogP contribution in [0.2, 0.25) is 0 Å². The van der Waals surface area contributed by atoms with Gasteiger partial charge in [0.15, 0.2) is 0 Å². The molecule has 0 radical (unpaired) electrons. The van der Waals surface area contributed by atoms with Gasteiger partial charge in [0.2, 0.25) is 0 Å². The van der Waals surface area contributed by atoms with E-state index in [-0.39, 0.29) is 5.41 Å². The number of nitrogens with zero attached hydrogens (tertiary/aromatic N) is 2. The smallest absolute Gasteiger partial charge is 0.107 e. The van der Waals surface area contributed by atoms with Crippen LogP contribution in [0.1, 0.15) is 38.4 Å². The van der Waals surface area contributed by atoms with Gasteiger partial charge in [-0.1, -0.05) is 27.7 Å². The molecular weight excluding hydrogens is 230 g/mol. The number of likely N-dealkylation sites (N-methyl/N-ethyl adjacent to an activating group) is 1. The molecule has 0 saturated heterocycles. The zero-order valence-electron chi connectivity index (χ0n) is 11.7. The molecule has 1 rings (SSSR count). The Kier molecular flexibility index (Phi) is 5.56. The van der Waals surface area contributed by atoms with Gasteiger partial charge in [0.05, 0.1) is 5.69 Å². The zero-order chi connectivity index (χ0) is 12.9. The zero-order valence-corrected chi connectivity index (χ0v) is 12.5. The van der Waals surface area contributed by atoms with Crippen molar-refractivity contribution in [3.05, 3.63) is 16.1 Å². The molecule has 1 N–H and O–H groups in total. The second-order valence-corrected chi connectivity index (χ2v) is 6.39. The minimum atomic E-state index is 0.164. The van der Waals surface area contributed by atoms with Gasteiger partial charge in [0.25, 0.3) is 0 Å². The normalized spacial score (nSPS) is 12.4. The van der Waals surface area contributed by atoms with Gasteiger partial charge in [0.1, 0.15) is 5.01 Å². The molecule has 1 aromatic rings. The Balaban J connectivity index is 2.31. The topological polar surface area (TPSA) is 28.2 Å². The highest BCUT2D eigenvalue weighted by molar-refractivity contribution is 7.09. The maximum Gasteiger partial charge on any atom is 0.107 e. The second-order valence-electron chi connectivity index (χ2n) is 5.45. The van der Waals surface area contributed by atoms with E-state index in [0.29, 0.717) is 0 Å². The number of nitrogens with one attached hydrogen (secondary N) is 1. The van der Waals surface area contributed by atoms with E-state index in [1.165, 1.54) is 10.7 Å². The summed E-state index contributed by atoms with van der Waals surface area (Å²) in [5, 5.41) is 6.80. The number of hydrogen-bond donors (Lipinski definition) is 1. The molecule has 0 amide bonds. The van der Waals surface area contributed by atoms with E-state index in [0.717, 1.165) is 26.2 Å². The summed E-state index contributed by atoms with van der Waals surface area (Å²) in [5.74, 6) is 0.